The summed E-state index contributed by atoms with van der Waals surface area (Å²) in [4.78, 5) is 39.8. The summed E-state index contributed by atoms with van der Waals surface area (Å²) in [6.07, 6.45) is 2.56. The molecule has 1 heterocycles. The molecule has 1 saturated carbocycles. The first-order valence-electron chi connectivity index (χ1n) is 7.60. The zero-order valence-electron chi connectivity index (χ0n) is 13.1. The zero-order valence-corrected chi connectivity index (χ0v) is 13.9. The fraction of sp³-hybridized carbons (Fsp3) is 0.600. The second-order valence-corrected chi connectivity index (χ2v) is 6.46. The van der Waals surface area contributed by atoms with Crippen molar-refractivity contribution in [3.63, 3.8) is 0 Å². The molecule has 0 saturated heterocycles. The minimum Gasteiger partial charge on any atom is -0.550 e. The van der Waals surface area contributed by atoms with Gasteiger partial charge in [0.25, 0.3) is 0 Å². The Kier molecular flexibility index (Phi) is 5.70. The highest BCUT2D eigenvalue weighted by molar-refractivity contribution is 7.17. The number of thiazole rings is 1. The van der Waals surface area contributed by atoms with Gasteiger partial charge >= 0.3 is 5.97 Å². The van der Waals surface area contributed by atoms with Crippen LogP contribution in [-0.2, 0) is 14.3 Å². The Balaban J connectivity index is 2.09. The normalized spacial score (nSPS) is 20.8. The number of carboxylic acids is 1. The molecule has 1 amide bonds. The van der Waals surface area contributed by atoms with Crippen molar-refractivity contribution >= 4 is 34.3 Å². The van der Waals surface area contributed by atoms with Gasteiger partial charge in [-0.05, 0) is 26.7 Å². The predicted molar refractivity (Wildman–Crippen MR) is 81.9 cm³/mol. The number of nitrogens with zero attached hydrogens (tertiary/aromatic N) is 1. The molecule has 1 aliphatic rings. The highest BCUT2D eigenvalue weighted by atomic mass is 32.1. The molecule has 0 unspecified atom stereocenters. The molecule has 1 aromatic heterocycles. The first-order valence-corrected chi connectivity index (χ1v) is 8.42. The number of rotatable bonds is 5. The predicted octanol–water partition coefficient (Wildman–Crippen LogP) is 1.12. The molecule has 1 fully saturated rings. The van der Waals surface area contributed by atoms with Gasteiger partial charge in [0, 0.05) is 17.8 Å². The number of aryl methyl sites for hydroxylation is 1. The van der Waals surface area contributed by atoms with Crippen LogP contribution in [0.4, 0.5) is 5.13 Å². The monoisotopic (exact) mass is 339 g/mol. The van der Waals surface area contributed by atoms with Gasteiger partial charge in [0.15, 0.2) is 5.13 Å². The average molecular weight is 339 g/mol. The van der Waals surface area contributed by atoms with E-state index >= 15 is 0 Å². The smallest absolute Gasteiger partial charge is 0.350 e. The summed E-state index contributed by atoms with van der Waals surface area (Å²) in [5, 5.41) is 14.1. The summed E-state index contributed by atoms with van der Waals surface area (Å²) in [6, 6.07) is 0. The van der Waals surface area contributed by atoms with Crippen molar-refractivity contribution in [2.24, 2.45) is 11.8 Å². The Labute approximate surface area is 138 Å². The van der Waals surface area contributed by atoms with E-state index in [-0.39, 0.29) is 17.6 Å². The molecule has 1 aromatic rings. The third-order valence-electron chi connectivity index (χ3n) is 3.89. The van der Waals surface area contributed by atoms with Gasteiger partial charge in [-0.25, -0.2) is 9.78 Å². The molecule has 0 bridgehead atoms. The number of nitrogens with one attached hydrogen (secondary N) is 1. The van der Waals surface area contributed by atoms with Crippen LogP contribution in [0.2, 0.25) is 0 Å². The molecule has 2 rings (SSSR count). The summed E-state index contributed by atoms with van der Waals surface area (Å²) in [5.41, 5.74) is 0.476. The highest BCUT2D eigenvalue weighted by Crippen LogP contribution is 2.31. The molecule has 2 atom stereocenters. The lowest BCUT2D eigenvalue weighted by Gasteiger charge is -2.30. The van der Waals surface area contributed by atoms with E-state index in [1.807, 2.05) is 0 Å². The van der Waals surface area contributed by atoms with E-state index in [1.54, 1.807) is 13.8 Å². The van der Waals surface area contributed by atoms with Crippen molar-refractivity contribution in [3.8, 4) is 0 Å². The van der Waals surface area contributed by atoms with Crippen LogP contribution < -0.4 is 10.4 Å². The minimum atomic E-state index is -1.19. The quantitative estimate of drug-likeness (QED) is 0.805. The van der Waals surface area contributed by atoms with Crippen molar-refractivity contribution < 1.29 is 24.2 Å². The number of carbonyl (C=O) groups excluding carboxylic acids is 3. The number of hydrogen-bond donors (Lipinski definition) is 1. The molecule has 8 heteroatoms. The van der Waals surface area contributed by atoms with E-state index in [0.717, 1.165) is 24.2 Å². The van der Waals surface area contributed by atoms with Crippen LogP contribution in [0, 0.1) is 18.8 Å². The standard InChI is InChI=1S/C15H20N2O5S/c1-3-22-14(21)11-8(2)16-15(23-11)17-12(18)9-6-4-5-7-10(9)13(19)20/h9-10H,3-7H2,1-2H3,(H,19,20)(H,16,17,18)/p-1/t9-,10+/m0/s1. The van der Waals surface area contributed by atoms with Crippen LogP contribution in [0.3, 0.4) is 0 Å². The van der Waals surface area contributed by atoms with Crippen LogP contribution in [0.15, 0.2) is 0 Å². The molecule has 23 heavy (non-hydrogen) atoms. The number of carboxylic acid groups (broad SMARTS) is 1. The Morgan fingerprint density at radius 1 is 1.30 bits per heavy atom. The molecule has 0 spiro atoms. The van der Waals surface area contributed by atoms with Crippen LogP contribution >= 0.6 is 11.3 Å². The average Bonchev–Trinajstić information content (AvgIpc) is 2.88. The largest absolute Gasteiger partial charge is 0.550 e. The van der Waals surface area contributed by atoms with Crippen molar-refractivity contribution in [3.05, 3.63) is 10.6 Å². The molecule has 1 aliphatic carbocycles. The molecular weight excluding hydrogens is 320 g/mol. The fourth-order valence-corrected chi connectivity index (χ4v) is 3.62. The van der Waals surface area contributed by atoms with E-state index in [0.29, 0.717) is 23.4 Å². The summed E-state index contributed by atoms with van der Waals surface area (Å²) in [5.74, 6) is -3.44. The van der Waals surface area contributed by atoms with Gasteiger partial charge in [-0.2, -0.15) is 0 Å². The van der Waals surface area contributed by atoms with Crippen molar-refractivity contribution in [2.45, 2.75) is 39.5 Å². The molecule has 0 radical (unpaired) electrons. The maximum atomic E-state index is 12.3. The van der Waals surface area contributed by atoms with Crippen LogP contribution in [0.25, 0.3) is 0 Å². The minimum absolute atomic E-state index is 0.257. The van der Waals surface area contributed by atoms with Crippen LogP contribution in [0.1, 0.15) is 48.0 Å². The van der Waals surface area contributed by atoms with Gasteiger partial charge in [-0.1, -0.05) is 24.2 Å². The highest BCUT2D eigenvalue weighted by Gasteiger charge is 2.32. The lowest BCUT2D eigenvalue weighted by atomic mass is 9.79. The van der Waals surface area contributed by atoms with Crippen molar-refractivity contribution in [2.75, 3.05) is 11.9 Å². The van der Waals surface area contributed by atoms with E-state index in [2.05, 4.69) is 10.3 Å². The number of amides is 1. The van der Waals surface area contributed by atoms with Gasteiger partial charge in [0.05, 0.1) is 12.3 Å². The SMILES string of the molecule is CCOC(=O)c1sc(NC(=O)[C@H]2CCCC[C@H]2C(=O)[O-])nc1C. The number of carbonyl (C=O) groups is 3. The van der Waals surface area contributed by atoms with E-state index < -0.39 is 23.8 Å². The molecular formula is C15H19N2O5S-. The number of hydrogen-bond acceptors (Lipinski definition) is 7. The number of esters is 1. The molecule has 126 valence electrons. The number of aliphatic carboxylic acids is 1. The van der Waals surface area contributed by atoms with Gasteiger partial charge < -0.3 is 20.0 Å². The summed E-state index contributed by atoms with van der Waals surface area (Å²) in [6.45, 7) is 3.62. The summed E-state index contributed by atoms with van der Waals surface area (Å²) in [7, 11) is 0. The Bertz CT molecular complexity index is 613. The van der Waals surface area contributed by atoms with Gasteiger partial charge in [-0.3, -0.25) is 4.79 Å². The second-order valence-electron chi connectivity index (χ2n) is 5.46. The Morgan fingerprint density at radius 3 is 2.57 bits per heavy atom. The second kappa shape index (κ2) is 7.54. The lowest BCUT2D eigenvalue weighted by molar-refractivity contribution is -0.313. The Morgan fingerprint density at radius 2 is 1.96 bits per heavy atom. The van der Waals surface area contributed by atoms with E-state index in [1.165, 1.54) is 0 Å². The summed E-state index contributed by atoms with van der Waals surface area (Å²) < 4.78 is 4.92. The fourth-order valence-electron chi connectivity index (χ4n) is 2.76. The number of ether oxygens (including phenoxy) is 1. The van der Waals surface area contributed by atoms with E-state index in [4.69, 9.17) is 4.74 Å². The Hall–Kier alpha value is -1.96. The van der Waals surface area contributed by atoms with Crippen LogP contribution in [-0.4, -0.2) is 29.4 Å². The van der Waals surface area contributed by atoms with Gasteiger partial charge in [-0.15, -0.1) is 0 Å². The number of aromatic nitrogens is 1. The molecule has 7 nitrogen and oxygen atoms in total. The lowest BCUT2D eigenvalue weighted by Crippen LogP contribution is -2.42. The third kappa shape index (κ3) is 4.07. The molecule has 0 aromatic carbocycles. The number of anilines is 1. The van der Waals surface area contributed by atoms with Crippen molar-refractivity contribution in [1.82, 2.24) is 4.98 Å². The zero-order chi connectivity index (χ0) is 17.0. The maximum absolute atomic E-state index is 12.3. The molecule has 1 N–H and O–H groups in total. The van der Waals surface area contributed by atoms with Crippen LogP contribution in [0.5, 0.6) is 0 Å². The first kappa shape index (κ1) is 17.4. The molecule has 0 aliphatic heterocycles. The van der Waals surface area contributed by atoms with Crippen molar-refractivity contribution in [1.29, 1.82) is 0 Å². The first-order chi connectivity index (χ1) is 10.9. The van der Waals surface area contributed by atoms with E-state index in [9.17, 15) is 19.5 Å². The topological polar surface area (TPSA) is 108 Å². The van der Waals surface area contributed by atoms with Gasteiger partial charge in [0.1, 0.15) is 4.88 Å². The third-order valence-corrected chi connectivity index (χ3v) is 4.95. The van der Waals surface area contributed by atoms with Gasteiger partial charge in [0.2, 0.25) is 5.91 Å². The summed E-state index contributed by atoms with van der Waals surface area (Å²) >= 11 is 1.03. The maximum Gasteiger partial charge on any atom is 0.350 e.